The Labute approximate surface area is 183 Å². The summed E-state index contributed by atoms with van der Waals surface area (Å²) in [6, 6.07) is 5.92. The number of hydrogen-bond acceptors (Lipinski definition) is 3. The fourth-order valence-corrected chi connectivity index (χ4v) is 4.69. The summed E-state index contributed by atoms with van der Waals surface area (Å²) in [6.07, 6.45) is 3.98. The predicted octanol–water partition coefficient (Wildman–Crippen LogP) is 4.00. The highest BCUT2D eigenvalue weighted by Gasteiger charge is 2.29. The number of amides is 3. The number of carbonyl (C=O) groups excluding carboxylic acids is 2. The van der Waals surface area contributed by atoms with Crippen molar-refractivity contribution in [3.8, 4) is 0 Å². The molecule has 0 aromatic heterocycles. The van der Waals surface area contributed by atoms with Gasteiger partial charge in [-0.15, -0.1) is 0 Å². The third-order valence-electron chi connectivity index (χ3n) is 6.02. The van der Waals surface area contributed by atoms with E-state index in [1.54, 1.807) is 6.07 Å². The van der Waals surface area contributed by atoms with Gasteiger partial charge < -0.3 is 20.0 Å². The van der Waals surface area contributed by atoms with Crippen LogP contribution in [-0.2, 0) is 4.79 Å². The van der Waals surface area contributed by atoms with Crippen molar-refractivity contribution in [3.05, 3.63) is 28.2 Å². The van der Waals surface area contributed by atoms with E-state index in [0.717, 1.165) is 57.5 Å². The molecule has 3 amide bonds. The van der Waals surface area contributed by atoms with Gasteiger partial charge in [-0.05, 0) is 43.9 Å². The molecule has 2 aliphatic rings. The molecule has 0 radical (unpaired) electrons. The summed E-state index contributed by atoms with van der Waals surface area (Å²) in [5.74, 6) is 0.198. The van der Waals surface area contributed by atoms with Crippen LogP contribution in [0.5, 0.6) is 0 Å². The lowest BCUT2D eigenvalue weighted by Gasteiger charge is -2.38. The molecule has 29 heavy (non-hydrogen) atoms. The summed E-state index contributed by atoms with van der Waals surface area (Å²) < 4.78 is 0. The summed E-state index contributed by atoms with van der Waals surface area (Å²) in [5.41, 5.74) is 1.03. The summed E-state index contributed by atoms with van der Waals surface area (Å²) >= 11 is 12.2. The van der Waals surface area contributed by atoms with Gasteiger partial charge in [0.05, 0.1) is 0 Å². The van der Waals surface area contributed by atoms with Crippen molar-refractivity contribution < 1.29 is 9.59 Å². The van der Waals surface area contributed by atoms with E-state index in [-0.39, 0.29) is 24.0 Å². The standard InChI is InChI=1S/C21H30Cl2N4O2/c1-3-20(28)27-10-6-18(7-11-27)25(2)21(29)24-17-4-8-26(9-5-17)19-13-15(22)12-16(23)14-19/h12-14,17-18H,3-11H2,1-2H3,(H,24,29). The number of nitrogens with zero attached hydrogens (tertiary/aromatic N) is 3. The molecule has 1 aromatic carbocycles. The minimum Gasteiger partial charge on any atom is -0.371 e. The Bertz CT molecular complexity index is 709. The van der Waals surface area contributed by atoms with Gasteiger partial charge in [0.25, 0.3) is 0 Å². The number of hydrogen-bond donors (Lipinski definition) is 1. The van der Waals surface area contributed by atoms with Crippen molar-refractivity contribution in [1.29, 1.82) is 0 Å². The van der Waals surface area contributed by atoms with E-state index in [2.05, 4.69) is 10.2 Å². The molecule has 6 nitrogen and oxygen atoms in total. The van der Waals surface area contributed by atoms with Gasteiger partial charge >= 0.3 is 6.03 Å². The van der Waals surface area contributed by atoms with Crippen LogP contribution < -0.4 is 10.2 Å². The van der Waals surface area contributed by atoms with Crippen molar-refractivity contribution in [3.63, 3.8) is 0 Å². The molecule has 2 fully saturated rings. The largest absolute Gasteiger partial charge is 0.371 e. The smallest absolute Gasteiger partial charge is 0.317 e. The van der Waals surface area contributed by atoms with E-state index in [1.807, 2.05) is 35.9 Å². The molecule has 2 saturated heterocycles. The second-order valence-corrected chi connectivity index (χ2v) is 8.79. The normalized spacial score (nSPS) is 18.6. The second-order valence-electron chi connectivity index (χ2n) is 7.91. The van der Waals surface area contributed by atoms with Gasteiger partial charge in [0.1, 0.15) is 0 Å². The summed E-state index contributed by atoms with van der Waals surface area (Å²) in [7, 11) is 1.86. The monoisotopic (exact) mass is 440 g/mol. The van der Waals surface area contributed by atoms with E-state index >= 15 is 0 Å². The lowest BCUT2D eigenvalue weighted by molar-refractivity contribution is -0.132. The van der Waals surface area contributed by atoms with Crippen LogP contribution in [0.3, 0.4) is 0 Å². The van der Waals surface area contributed by atoms with E-state index in [1.165, 1.54) is 0 Å². The number of urea groups is 1. The van der Waals surface area contributed by atoms with E-state index < -0.39 is 0 Å². The molecule has 160 valence electrons. The van der Waals surface area contributed by atoms with Crippen LogP contribution in [0, 0.1) is 0 Å². The molecule has 0 atom stereocenters. The molecule has 2 heterocycles. The number of carbonyl (C=O) groups is 2. The zero-order valence-corrected chi connectivity index (χ0v) is 18.7. The van der Waals surface area contributed by atoms with Crippen LogP contribution in [-0.4, -0.2) is 67.0 Å². The summed E-state index contributed by atoms with van der Waals surface area (Å²) in [5, 5.41) is 4.45. The third kappa shape index (κ3) is 5.70. The Morgan fingerprint density at radius 1 is 1.03 bits per heavy atom. The van der Waals surface area contributed by atoms with Gasteiger partial charge in [-0.2, -0.15) is 0 Å². The van der Waals surface area contributed by atoms with E-state index in [9.17, 15) is 9.59 Å². The average molecular weight is 441 g/mol. The first-order valence-electron chi connectivity index (χ1n) is 10.4. The Morgan fingerprint density at radius 3 is 2.17 bits per heavy atom. The number of nitrogens with one attached hydrogen (secondary N) is 1. The number of piperidine rings is 2. The first-order valence-corrected chi connectivity index (χ1v) is 11.1. The highest BCUT2D eigenvalue weighted by Crippen LogP contribution is 2.27. The van der Waals surface area contributed by atoms with E-state index in [0.29, 0.717) is 16.5 Å². The van der Waals surface area contributed by atoms with Gasteiger partial charge in [-0.1, -0.05) is 30.1 Å². The molecule has 2 aliphatic heterocycles. The fraction of sp³-hybridized carbons (Fsp3) is 0.619. The van der Waals surface area contributed by atoms with Gasteiger partial charge in [0.2, 0.25) is 5.91 Å². The van der Waals surface area contributed by atoms with Crippen LogP contribution in [0.1, 0.15) is 39.0 Å². The highest BCUT2D eigenvalue weighted by atomic mass is 35.5. The number of halogens is 2. The van der Waals surface area contributed by atoms with Crippen molar-refractivity contribution in [2.75, 3.05) is 38.1 Å². The number of likely N-dealkylation sites (tertiary alicyclic amines) is 1. The first-order chi connectivity index (χ1) is 13.9. The van der Waals surface area contributed by atoms with Crippen molar-refractivity contribution >= 4 is 40.8 Å². The van der Waals surface area contributed by atoms with Crippen LogP contribution in [0.15, 0.2) is 18.2 Å². The zero-order chi connectivity index (χ0) is 21.0. The molecule has 0 unspecified atom stereocenters. The molecule has 3 rings (SSSR count). The molecule has 8 heteroatoms. The Morgan fingerprint density at radius 2 is 1.62 bits per heavy atom. The summed E-state index contributed by atoms with van der Waals surface area (Å²) in [6.45, 7) is 5.05. The maximum Gasteiger partial charge on any atom is 0.317 e. The van der Waals surface area contributed by atoms with E-state index in [4.69, 9.17) is 23.2 Å². The Balaban J connectivity index is 1.45. The Hall–Kier alpha value is -1.66. The van der Waals surface area contributed by atoms with Gasteiger partial charge in [-0.25, -0.2) is 4.79 Å². The summed E-state index contributed by atoms with van der Waals surface area (Å²) in [4.78, 5) is 30.5. The van der Waals surface area contributed by atoms with Crippen molar-refractivity contribution in [2.24, 2.45) is 0 Å². The average Bonchev–Trinajstić information content (AvgIpc) is 2.72. The zero-order valence-electron chi connectivity index (χ0n) is 17.2. The molecular weight excluding hydrogens is 411 g/mol. The topological polar surface area (TPSA) is 55.9 Å². The molecule has 1 N–H and O–H groups in total. The quantitative estimate of drug-likeness (QED) is 0.769. The molecule has 0 saturated carbocycles. The van der Waals surface area contributed by atoms with Crippen molar-refractivity contribution in [2.45, 2.75) is 51.1 Å². The number of rotatable bonds is 4. The van der Waals surface area contributed by atoms with Crippen LogP contribution in [0.2, 0.25) is 10.0 Å². The minimum absolute atomic E-state index is 0.0190. The Kier molecular flexibility index (Phi) is 7.52. The lowest BCUT2D eigenvalue weighted by Crippen LogP contribution is -2.53. The van der Waals surface area contributed by atoms with Crippen LogP contribution >= 0.6 is 23.2 Å². The fourth-order valence-electron chi connectivity index (χ4n) is 4.17. The predicted molar refractivity (Wildman–Crippen MR) is 118 cm³/mol. The second kappa shape index (κ2) is 9.90. The maximum absolute atomic E-state index is 12.7. The van der Waals surface area contributed by atoms with Crippen LogP contribution in [0.25, 0.3) is 0 Å². The number of anilines is 1. The maximum atomic E-state index is 12.7. The van der Waals surface area contributed by atoms with Crippen LogP contribution in [0.4, 0.5) is 10.5 Å². The first kappa shape index (κ1) is 22.0. The SMILES string of the molecule is CCC(=O)N1CCC(N(C)C(=O)NC2CCN(c3cc(Cl)cc(Cl)c3)CC2)CC1. The molecule has 0 spiro atoms. The molecule has 0 aliphatic carbocycles. The number of benzene rings is 1. The highest BCUT2D eigenvalue weighted by molar-refractivity contribution is 6.35. The molecular formula is C21H30Cl2N4O2. The minimum atomic E-state index is -0.0190. The van der Waals surface area contributed by atoms with Gasteiger partial charge in [-0.3, -0.25) is 4.79 Å². The van der Waals surface area contributed by atoms with Gasteiger partial charge in [0.15, 0.2) is 0 Å². The van der Waals surface area contributed by atoms with Gasteiger partial charge in [0, 0.05) is 67.5 Å². The van der Waals surface area contributed by atoms with Crippen molar-refractivity contribution in [1.82, 2.24) is 15.1 Å². The molecule has 1 aromatic rings. The lowest BCUT2D eigenvalue weighted by atomic mass is 10.0. The molecule has 0 bridgehead atoms. The third-order valence-corrected chi connectivity index (χ3v) is 6.46.